The second-order valence-corrected chi connectivity index (χ2v) is 9.40. The first-order valence-electron chi connectivity index (χ1n) is 13.0. The number of hydrogen-bond donors (Lipinski definition) is 0. The third-order valence-electron chi connectivity index (χ3n) is 6.88. The van der Waals surface area contributed by atoms with Gasteiger partial charge in [0.1, 0.15) is 17.3 Å². The molecule has 1 saturated heterocycles. The lowest BCUT2D eigenvalue weighted by atomic mass is 10.1. The Kier molecular flexibility index (Phi) is 7.40. The van der Waals surface area contributed by atoms with Crippen molar-refractivity contribution in [2.24, 2.45) is 0 Å². The number of nitrogens with zero attached hydrogens (tertiary/aromatic N) is 4. The molecule has 0 N–H and O–H groups in total. The number of aryl methyl sites for hydroxylation is 2. The third kappa shape index (κ3) is 5.38. The highest BCUT2D eigenvalue weighted by atomic mass is 16.5. The van der Waals surface area contributed by atoms with Crippen LogP contribution < -0.4 is 9.64 Å². The van der Waals surface area contributed by atoms with Gasteiger partial charge in [0, 0.05) is 37.4 Å². The zero-order valence-electron chi connectivity index (χ0n) is 22.6. The van der Waals surface area contributed by atoms with E-state index in [1.807, 2.05) is 61.2 Å². The van der Waals surface area contributed by atoms with Crippen LogP contribution in [0, 0.1) is 13.8 Å². The van der Waals surface area contributed by atoms with E-state index in [1.54, 1.807) is 24.8 Å². The summed E-state index contributed by atoms with van der Waals surface area (Å²) in [4.78, 5) is 29.6. The number of benzene rings is 2. The molecule has 1 fully saturated rings. The maximum atomic E-state index is 13.0. The van der Waals surface area contributed by atoms with Crippen LogP contribution in [0.3, 0.4) is 0 Å². The monoisotopic (exact) mass is 528 g/mol. The summed E-state index contributed by atoms with van der Waals surface area (Å²) in [5.41, 5.74) is 4.45. The van der Waals surface area contributed by atoms with Gasteiger partial charge in [-0.15, -0.1) is 0 Å². The number of anilines is 1. The average Bonchev–Trinajstić information content (AvgIpc) is 3.56. The highest BCUT2D eigenvalue weighted by molar-refractivity contribution is 5.95. The molecule has 9 nitrogen and oxygen atoms in total. The Labute approximate surface area is 227 Å². The summed E-state index contributed by atoms with van der Waals surface area (Å²) in [6.07, 6.45) is 0. The molecule has 0 radical (unpaired) electrons. The first kappa shape index (κ1) is 26.1. The van der Waals surface area contributed by atoms with Crippen LogP contribution in [-0.2, 0) is 4.74 Å². The summed E-state index contributed by atoms with van der Waals surface area (Å²) in [5.74, 6) is 1.70. The minimum absolute atomic E-state index is 0.0172. The molecule has 202 valence electrons. The fraction of sp³-hybridized carbons (Fsp3) is 0.300. The summed E-state index contributed by atoms with van der Waals surface area (Å²) >= 11 is 0. The lowest BCUT2D eigenvalue weighted by Gasteiger charge is -2.36. The van der Waals surface area contributed by atoms with Crippen LogP contribution in [0.2, 0.25) is 0 Å². The Balaban J connectivity index is 1.34. The molecule has 4 aromatic rings. The van der Waals surface area contributed by atoms with Gasteiger partial charge in [-0.1, -0.05) is 12.1 Å². The van der Waals surface area contributed by atoms with Crippen LogP contribution in [0.4, 0.5) is 5.69 Å². The molecular formula is C30H32N4O5. The van der Waals surface area contributed by atoms with Crippen molar-refractivity contribution < 1.29 is 23.5 Å². The number of esters is 1. The van der Waals surface area contributed by atoms with Gasteiger partial charge in [0.2, 0.25) is 0 Å². The lowest BCUT2D eigenvalue weighted by molar-refractivity contribution is 0.0518. The van der Waals surface area contributed by atoms with Crippen LogP contribution in [-0.4, -0.2) is 66.5 Å². The minimum Gasteiger partial charge on any atom is -0.497 e. The smallest absolute Gasteiger partial charge is 0.358 e. The average molecular weight is 529 g/mol. The fourth-order valence-corrected chi connectivity index (χ4v) is 4.84. The molecule has 2 aromatic carbocycles. The van der Waals surface area contributed by atoms with Crippen LogP contribution in [0.5, 0.6) is 5.75 Å². The Bertz CT molecular complexity index is 1460. The van der Waals surface area contributed by atoms with E-state index in [4.69, 9.17) is 13.9 Å². The Morgan fingerprint density at radius 2 is 1.59 bits per heavy atom. The maximum absolute atomic E-state index is 13.0. The topological polar surface area (TPSA) is 90.0 Å². The number of furan rings is 1. The van der Waals surface area contributed by atoms with Gasteiger partial charge in [-0.05, 0) is 69.3 Å². The van der Waals surface area contributed by atoms with Gasteiger partial charge in [0.05, 0.1) is 30.7 Å². The van der Waals surface area contributed by atoms with Crippen LogP contribution >= 0.6 is 0 Å². The number of carbonyl (C=O) groups excluding carboxylic acids is 2. The van der Waals surface area contributed by atoms with Gasteiger partial charge in [-0.25, -0.2) is 9.48 Å². The molecule has 0 unspecified atom stereocenters. The third-order valence-corrected chi connectivity index (χ3v) is 6.88. The van der Waals surface area contributed by atoms with Gasteiger partial charge in [-0.2, -0.15) is 5.10 Å². The molecule has 39 heavy (non-hydrogen) atoms. The van der Waals surface area contributed by atoms with Crippen molar-refractivity contribution >= 4 is 17.6 Å². The van der Waals surface area contributed by atoms with E-state index in [2.05, 4.69) is 22.1 Å². The van der Waals surface area contributed by atoms with Crippen molar-refractivity contribution in [1.82, 2.24) is 14.7 Å². The van der Waals surface area contributed by atoms with Crippen LogP contribution in [0.1, 0.15) is 39.3 Å². The number of carbonyl (C=O) groups is 2. The predicted molar refractivity (Wildman–Crippen MR) is 148 cm³/mol. The van der Waals surface area contributed by atoms with Crippen LogP contribution in [0.15, 0.2) is 65.1 Å². The van der Waals surface area contributed by atoms with E-state index in [0.29, 0.717) is 24.4 Å². The Morgan fingerprint density at radius 1 is 0.923 bits per heavy atom. The van der Waals surface area contributed by atoms with Gasteiger partial charge >= 0.3 is 5.97 Å². The molecule has 0 saturated carbocycles. The number of aromatic nitrogens is 2. The zero-order valence-corrected chi connectivity index (χ0v) is 22.6. The van der Waals surface area contributed by atoms with E-state index >= 15 is 0 Å². The standard InChI is InChI=1S/C30H32N4O5/c1-5-38-30(36)27-19-28(34(31-27)24-10-12-25(37-4)13-11-24)22-6-8-23(9-7-22)32-14-16-33(17-15-32)29(35)26-18-20(2)39-21(26)3/h6-13,18-19H,5,14-17H2,1-4H3. The van der Waals surface area contributed by atoms with Crippen molar-refractivity contribution in [2.45, 2.75) is 20.8 Å². The predicted octanol–water partition coefficient (Wildman–Crippen LogP) is 4.90. The molecule has 0 aliphatic carbocycles. The van der Waals surface area contributed by atoms with Crippen molar-refractivity contribution in [3.8, 4) is 22.7 Å². The normalized spacial score (nSPS) is 13.4. The van der Waals surface area contributed by atoms with Crippen molar-refractivity contribution in [3.05, 3.63) is 83.4 Å². The molecule has 1 aliphatic heterocycles. The zero-order chi connectivity index (χ0) is 27.5. The van der Waals surface area contributed by atoms with E-state index in [-0.39, 0.29) is 18.2 Å². The van der Waals surface area contributed by atoms with Crippen LogP contribution in [0.25, 0.3) is 16.9 Å². The van der Waals surface area contributed by atoms with Crippen molar-refractivity contribution in [2.75, 3.05) is 44.8 Å². The molecule has 0 atom stereocenters. The summed E-state index contributed by atoms with van der Waals surface area (Å²) < 4.78 is 17.8. The molecule has 9 heteroatoms. The SMILES string of the molecule is CCOC(=O)c1cc(-c2ccc(N3CCN(C(=O)c4cc(C)oc4C)CC3)cc2)n(-c2ccc(OC)cc2)n1. The molecule has 2 aromatic heterocycles. The van der Waals surface area contributed by atoms with Crippen molar-refractivity contribution in [1.29, 1.82) is 0 Å². The molecule has 3 heterocycles. The summed E-state index contributed by atoms with van der Waals surface area (Å²) in [6.45, 7) is 8.47. The van der Waals surface area contributed by atoms with E-state index < -0.39 is 5.97 Å². The summed E-state index contributed by atoms with van der Waals surface area (Å²) in [5, 5.41) is 4.55. The quantitative estimate of drug-likeness (QED) is 0.315. The van der Waals surface area contributed by atoms with Gasteiger partial charge < -0.3 is 23.7 Å². The number of amides is 1. The van der Waals surface area contributed by atoms with Crippen molar-refractivity contribution in [3.63, 3.8) is 0 Å². The first-order chi connectivity index (χ1) is 18.9. The second kappa shape index (κ2) is 11.1. The molecule has 0 bridgehead atoms. The van der Waals surface area contributed by atoms with Gasteiger partial charge in [-0.3, -0.25) is 4.79 Å². The number of rotatable bonds is 7. The molecule has 0 spiro atoms. The summed E-state index contributed by atoms with van der Waals surface area (Å²) in [7, 11) is 1.62. The first-order valence-corrected chi connectivity index (χ1v) is 13.0. The number of ether oxygens (including phenoxy) is 2. The van der Waals surface area contributed by atoms with Gasteiger partial charge in [0.15, 0.2) is 5.69 Å². The fourth-order valence-electron chi connectivity index (χ4n) is 4.84. The number of piperazine rings is 1. The summed E-state index contributed by atoms with van der Waals surface area (Å²) in [6, 6.07) is 19.2. The molecule has 1 aliphatic rings. The number of hydrogen-bond acceptors (Lipinski definition) is 7. The molecular weight excluding hydrogens is 496 g/mol. The second-order valence-electron chi connectivity index (χ2n) is 9.40. The largest absolute Gasteiger partial charge is 0.497 e. The van der Waals surface area contributed by atoms with E-state index in [1.165, 1.54) is 0 Å². The minimum atomic E-state index is -0.462. The Hall–Kier alpha value is -4.53. The maximum Gasteiger partial charge on any atom is 0.358 e. The highest BCUT2D eigenvalue weighted by Crippen LogP contribution is 2.28. The van der Waals surface area contributed by atoms with E-state index in [0.717, 1.165) is 47.2 Å². The van der Waals surface area contributed by atoms with Gasteiger partial charge in [0.25, 0.3) is 5.91 Å². The highest BCUT2D eigenvalue weighted by Gasteiger charge is 2.25. The number of methoxy groups -OCH3 is 1. The molecule has 5 rings (SSSR count). The molecule has 1 amide bonds. The van der Waals surface area contributed by atoms with E-state index in [9.17, 15) is 9.59 Å². The lowest BCUT2D eigenvalue weighted by Crippen LogP contribution is -2.48. The Morgan fingerprint density at radius 3 is 2.18 bits per heavy atom.